The molecule has 0 radical (unpaired) electrons. The van der Waals surface area contributed by atoms with E-state index in [2.05, 4.69) is 0 Å². The molecule has 13 heavy (non-hydrogen) atoms. The molecule has 0 N–H and O–H groups in total. The van der Waals surface area contributed by atoms with Gasteiger partial charge in [-0.05, 0) is 19.3 Å². The maximum Gasteiger partial charge on any atom is 0.190 e. The molecular formula is C10H16O3. The van der Waals surface area contributed by atoms with E-state index in [0.29, 0.717) is 6.42 Å². The third kappa shape index (κ3) is 2.56. The first kappa shape index (κ1) is 10.3. The molecular weight excluding hydrogens is 168 g/mol. The van der Waals surface area contributed by atoms with E-state index in [1.165, 1.54) is 0 Å². The average molecular weight is 184 g/mol. The van der Waals surface area contributed by atoms with Gasteiger partial charge in [-0.25, -0.2) is 0 Å². The van der Waals surface area contributed by atoms with Crippen molar-refractivity contribution in [2.24, 2.45) is 0 Å². The van der Waals surface area contributed by atoms with Crippen LogP contribution in [0, 0.1) is 0 Å². The Labute approximate surface area is 78.7 Å². The molecule has 0 aromatic heterocycles. The van der Waals surface area contributed by atoms with Gasteiger partial charge < -0.3 is 9.47 Å². The van der Waals surface area contributed by atoms with Crippen LogP contribution in [0.1, 0.15) is 26.2 Å². The Hall–Kier alpha value is -0.830. The summed E-state index contributed by atoms with van der Waals surface area (Å²) in [6.45, 7) is 2.66. The van der Waals surface area contributed by atoms with Crippen molar-refractivity contribution in [2.75, 3.05) is 13.7 Å². The first-order valence-corrected chi connectivity index (χ1v) is 4.67. The maximum absolute atomic E-state index is 11.7. The SMILES string of the molecule is CCC(OC)C(=O)C1=COCCC1. The number of rotatable bonds is 4. The summed E-state index contributed by atoms with van der Waals surface area (Å²) in [5, 5.41) is 0. The van der Waals surface area contributed by atoms with Crippen molar-refractivity contribution in [1.82, 2.24) is 0 Å². The highest BCUT2D eigenvalue weighted by atomic mass is 16.5. The van der Waals surface area contributed by atoms with Crippen LogP contribution in [0.2, 0.25) is 0 Å². The smallest absolute Gasteiger partial charge is 0.190 e. The van der Waals surface area contributed by atoms with Gasteiger partial charge in [-0.3, -0.25) is 4.79 Å². The molecule has 74 valence electrons. The molecule has 1 rings (SSSR count). The average Bonchev–Trinajstić information content (AvgIpc) is 2.21. The highest BCUT2D eigenvalue weighted by Gasteiger charge is 2.21. The van der Waals surface area contributed by atoms with Crippen LogP contribution in [0.15, 0.2) is 11.8 Å². The predicted octanol–water partition coefficient (Wildman–Crippen LogP) is 1.67. The van der Waals surface area contributed by atoms with Crippen LogP contribution in [-0.4, -0.2) is 25.6 Å². The zero-order valence-corrected chi connectivity index (χ0v) is 8.21. The molecule has 1 aliphatic heterocycles. The van der Waals surface area contributed by atoms with Crippen LogP contribution in [0.4, 0.5) is 0 Å². The Morgan fingerprint density at radius 1 is 1.77 bits per heavy atom. The van der Waals surface area contributed by atoms with Crippen LogP contribution < -0.4 is 0 Å². The first-order chi connectivity index (χ1) is 6.29. The molecule has 0 spiro atoms. The fourth-order valence-electron chi connectivity index (χ4n) is 1.41. The van der Waals surface area contributed by atoms with Crippen molar-refractivity contribution in [1.29, 1.82) is 0 Å². The molecule has 1 aliphatic rings. The van der Waals surface area contributed by atoms with Crippen molar-refractivity contribution in [3.05, 3.63) is 11.8 Å². The summed E-state index contributed by atoms with van der Waals surface area (Å²) in [6.07, 6.45) is 3.74. The summed E-state index contributed by atoms with van der Waals surface area (Å²) in [5.41, 5.74) is 0.764. The van der Waals surface area contributed by atoms with Crippen LogP contribution >= 0.6 is 0 Å². The Morgan fingerprint density at radius 3 is 3.00 bits per heavy atom. The Kier molecular flexibility index (Phi) is 3.96. The normalized spacial score (nSPS) is 18.8. The van der Waals surface area contributed by atoms with Crippen molar-refractivity contribution >= 4 is 5.78 Å². The molecule has 0 amide bonds. The quantitative estimate of drug-likeness (QED) is 0.666. The topological polar surface area (TPSA) is 35.5 Å². The molecule has 1 heterocycles. The van der Waals surface area contributed by atoms with Gasteiger partial charge in [-0.15, -0.1) is 0 Å². The summed E-state index contributed by atoms with van der Waals surface area (Å²) in [7, 11) is 1.57. The van der Waals surface area contributed by atoms with Gasteiger partial charge in [0.2, 0.25) is 0 Å². The van der Waals surface area contributed by atoms with E-state index in [9.17, 15) is 4.79 Å². The van der Waals surface area contributed by atoms with Gasteiger partial charge in [-0.1, -0.05) is 6.92 Å². The Balaban J connectivity index is 2.59. The van der Waals surface area contributed by atoms with Crippen LogP contribution in [-0.2, 0) is 14.3 Å². The Bertz CT molecular complexity index is 204. The molecule has 1 atom stereocenters. The number of hydrogen-bond donors (Lipinski definition) is 0. The van der Waals surface area contributed by atoms with Gasteiger partial charge >= 0.3 is 0 Å². The lowest BCUT2D eigenvalue weighted by atomic mass is 10.0. The summed E-state index contributed by atoms with van der Waals surface area (Å²) < 4.78 is 10.2. The molecule has 0 bridgehead atoms. The van der Waals surface area contributed by atoms with Crippen molar-refractivity contribution in [3.8, 4) is 0 Å². The summed E-state index contributed by atoms with van der Waals surface area (Å²) in [6, 6.07) is 0. The second-order valence-corrected chi connectivity index (χ2v) is 3.11. The minimum absolute atomic E-state index is 0.0738. The van der Waals surface area contributed by atoms with Crippen LogP contribution in [0.25, 0.3) is 0 Å². The number of ketones is 1. The standard InChI is InChI=1S/C10H16O3/c1-3-9(12-2)10(11)8-5-4-6-13-7-8/h7,9H,3-6H2,1-2H3. The third-order valence-electron chi connectivity index (χ3n) is 2.20. The molecule has 0 saturated carbocycles. The molecule has 0 aliphatic carbocycles. The van der Waals surface area contributed by atoms with Gasteiger partial charge in [-0.2, -0.15) is 0 Å². The third-order valence-corrected chi connectivity index (χ3v) is 2.20. The molecule has 0 aromatic rings. The van der Waals surface area contributed by atoms with Crippen molar-refractivity contribution in [3.63, 3.8) is 0 Å². The van der Waals surface area contributed by atoms with E-state index in [1.807, 2.05) is 6.92 Å². The van der Waals surface area contributed by atoms with Crippen molar-refractivity contribution in [2.45, 2.75) is 32.3 Å². The van der Waals surface area contributed by atoms with Crippen molar-refractivity contribution < 1.29 is 14.3 Å². The predicted molar refractivity (Wildman–Crippen MR) is 49.4 cm³/mol. The lowest BCUT2D eigenvalue weighted by Gasteiger charge is -2.17. The van der Waals surface area contributed by atoms with E-state index in [-0.39, 0.29) is 11.9 Å². The molecule has 0 saturated heterocycles. The monoisotopic (exact) mass is 184 g/mol. The van der Waals surface area contributed by atoms with Gasteiger partial charge in [0.05, 0.1) is 12.9 Å². The number of methoxy groups -OCH3 is 1. The summed E-state index contributed by atoms with van der Waals surface area (Å²) >= 11 is 0. The van der Waals surface area contributed by atoms with Gasteiger partial charge in [0.1, 0.15) is 6.10 Å². The van der Waals surface area contributed by atoms with E-state index in [0.717, 1.165) is 25.0 Å². The number of carbonyl (C=O) groups excluding carboxylic acids is 1. The number of Topliss-reactive ketones (excluding diaryl/α,β-unsaturated/α-hetero) is 1. The Morgan fingerprint density at radius 2 is 2.54 bits per heavy atom. The second kappa shape index (κ2) is 5.02. The summed E-state index contributed by atoms with van der Waals surface area (Å²) in [4.78, 5) is 11.7. The minimum Gasteiger partial charge on any atom is -0.501 e. The fraction of sp³-hybridized carbons (Fsp3) is 0.700. The highest BCUT2D eigenvalue weighted by molar-refractivity contribution is 5.98. The first-order valence-electron chi connectivity index (χ1n) is 4.67. The molecule has 0 aromatic carbocycles. The van der Waals surface area contributed by atoms with Gasteiger partial charge in [0.15, 0.2) is 5.78 Å². The zero-order valence-electron chi connectivity index (χ0n) is 8.21. The number of hydrogen-bond acceptors (Lipinski definition) is 3. The lowest BCUT2D eigenvalue weighted by molar-refractivity contribution is -0.125. The molecule has 0 fully saturated rings. The molecule has 3 heteroatoms. The summed E-state index contributed by atoms with van der Waals surface area (Å²) in [5.74, 6) is 0.0738. The van der Waals surface area contributed by atoms with Crippen LogP contribution in [0.3, 0.4) is 0 Å². The molecule has 1 unspecified atom stereocenters. The second-order valence-electron chi connectivity index (χ2n) is 3.11. The zero-order chi connectivity index (χ0) is 9.68. The fourth-order valence-corrected chi connectivity index (χ4v) is 1.41. The van der Waals surface area contributed by atoms with Gasteiger partial charge in [0.25, 0.3) is 0 Å². The van der Waals surface area contributed by atoms with Gasteiger partial charge in [0, 0.05) is 12.7 Å². The molecule has 3 nitrogen and oxygen atoms in total. The van der Waals surface area contributed by atoms with E-state index < -0.39 is 0 Å². The van der Waals surface area contributed by atoms with E-state index in [4.69, 9.17) is 9.47 Å². The minimum atomic E-state index is -0.298. The number of carbonyl (C=O) groups is 1. The number of ether oxygens (including phenoxy) is 2. The van der Waals surface area contributed by atoms with E-state index >= 15 is 0 Å². The van der Waals surface area contributed by atoms with E-state index in [1.54, 1.807) is 13.4 Å². The van der Waals surface area contributed by atoms with Crippen LogP contribution in [0.5, 0.6) is 0 Å². The highest BCUT2D eigenvalue weighted by Crippen LogP contribution is 2.16. The lowest BCUT2D eigenvalue weighted by Crippen LogP contribution is -2.25. The largest absolute Gasteiger partial charge is 0.501 e. The maximum atomic E-state index is 11.7.